The van der Waals surface area contributed by atoms with Crippen molar-refractivity contribution >= 4 is 5.91 Å². The molecule has 140 valence electrons. The second kappa shape index (κ2) is 7.78. The minimum Gasteiger partial charge on any atom is -0.351 e. The lowest BCUT2D eigenvalue weighted by Gasteiger charge is -2.25. The first-order valence-electron chi connectivity index (χ1n) is 9.30. The van der Waals surface area contributed by atoms with Crippen LogP contribution in [0.25, 0.3) is 0 Å². The Morgan fingerprint density at radius 1 is 1.00 bits per heavy atom. The van der Waals surface area contributed by atoms with E-state index in [0.717, 1.165) is 11.4 Å². The van der Waals surface area contributed by atoms with Crippen LogP contribution in [-0.4, -0.2) is 22.2 Å². The highest BCUT2D eigenvalue weighted by Crippen LogP contribution is 2.22. The molecule has 0 spiro atoms. The van der Waals surface area contributed by atoms with Crippen LogP contribution >= 0.6 is 0 Å². The molecule has 0 atom stereocenters. The van der Waals surface area contributed by atoms with E-state index in [4.69, 9.17) is 0 Å². The van der Waals surface area contributed by atoms with Gasteiger partial charge in [-0.15, -0.1) is 0 Å². The fourth-order valence-electron chi connectivity index (χ4n) is 3.32. The van der Waals surface area contributed by atoms with E-state index in [2.05, 4.69) is 48.5 Å². The summed E-state index contributed by atoms with van der Waals surface area (Å²) in [7, 11) is 0. The number of nitrogens with one attached hydrogen (secondary N) is 1. The molecule has 0 saturated carbocycles. The molecule has 1 heterocycles. The topological polar surface area (TPSA) is 46.9 Å². The second-order valence-electron chi connectivity index (χ2n) is 7.62. The Morgan fingerprint density at radius 3 is 2.22 bits per heavy atom. The molecule has 27 heavy (non-hydrogen) atoms. The number of aryl methyl sites for hydroxylation is 1. The van der Waals surface area contributed by atoms with Crippen LogP contribution in [0.3, 0.4) is 0 Å². The molecule has 0 bridgehead atoms. The third-order valence-electron chi connectivity index (χ3n) is 5.03. The van der Waals surface area contributed by atoms with Gasteiger partial charge in [-0.1, -0.05) is 74.5 Å². The lowest BCUT2D eigenvalue weighted by Crippen LogP contribution is -2.37. The molecule has 1 aromatic heterocycles. The molecule has 0 radical (unpaired) electrons. The molecule has 3 rings (SSSR count). The summed E-state index contributed by atoms with van der Waals surface area (Å²) in [5, 5.41) is 7.69. The molecule has 4 nitrogen and oxygen atoms in total. The number of hydrogen-bond donors (Lipinski definition) is 1. The van der Waals surface area contributed by atoms with E-state index in [1.165, 1.54) is 11.1 Å². The van der Waals surface area contributed by atoms with Crippen molar-refractivity contribution < 1.29 is 4.79 Å². The Morgan fingerprint density at radius 2 is 1.59 bits per heavy atom. The van der Waals surface area contributed by atoms with Gasteiger partial charge >= 0.3 is 0 Å². The maximum absolute atomic E-state index is 12.9. The van der Waals surface area contributed by atoms with Gasteiger partial charge in [-0.25, -0.2) is 0 Å². The zero-order chi connectivity index (χ0) is 19.4. The standard InChI is InChI=1S/C23H27N3O/c1-17-21(18(2)26(25-17)15-19-11-7-5-8-12-19)22(27)24-16-23(3,4)20-13-9-6-10-14-20/h5-14H,15-16H2,1-4H3,(H,24,27). The van der Waals surface area contributed by atoms with Crippen molar-refractivity contribution in [3.63, 3.8) is 0 Å². The molecule has 0 saturated heterocycles. The van der Waals surface area contributed by atoms with Crippen LogP contribution in [-0.2, 0) is 12.0 Å². The highest BCUT2D eigenvalue weighted by molar-refractivity contribution is 5.96. The number of aromatic nitrogens is 2. The van der Waals surface area contributed by atoms with Crippen molar-refractivity contribution in [2.45, 2.75) is 39.7 Å². The maximum Gasteiger partial charge on any atom is 0.255 e. The fourth-order valence-corrected chi connectivity index (χ4v) is 3.32. The molecular formula is C23H27N3O. The van der Waals surface area contributed by atoms with Gasteiger partial charge in [-0.3, -0.25) is 9.48 Å². The third-order valence-corrected chi connectivity index (χ3v) is 5.03. The number of hydrogen-bond acceptors (Lipinski definition) is 2. The smallest absolute Gasteiger partial charge is 0.255 e. The summed E-state index contributed by atoms with van der Waals surface area (Å²) in [4.78, 5) is 12.9. The summed E-state index contributed by atoms with van der Waals surface area (Å²) in [6.45, 7) is 9.36. The molecule has 0 aliphatic carbocycles. The molecule has 2 aromatic carbocycles. The average Bonchev–Trinajstić information content (AvgIpc) is 2.95. The SMILES string of the molecule is Cc1nn(Cc2ccccc2)c(C)c1C(=O)NCC(C)(C)c1ccccc1. The lowest BCUT2D eigenvalue weighted by molar-refractivity contribution is 0.0944. The Bertz CT molecular complexity index is 912. The minimum absolute atomic E-state index is 0.0617. The first-order chi connectivity index (χ1) is 12.9. The fraction of sp³-hybridized carbons (Fsp3) is 0.304. The number of carbonyl (C=O) groups is 1. The largest absolute Gasteiger partial charge is 0.351 e. The minimum atomic E-state index is -0.140. The zero-order valence-corrected chi connectivity index (χ0v) is 16.5. The van der Waals surface area contributed by atoms with Crippen LogP contribution < -0.4 is 5.32 Å². The van der Waals surface area contributed by atoms with Gasteiger partial charge in [0.05, 0.1) is 17.8 Å². The quantitative estimate of drug-likeness (QED) is 0.713. The van der Waals surface area contributed by atoms with Crippen LogP contribution in [0.1, 0.15) is 46.7 Å². The molecule has 0 aliphatic rings. The summed E-state index contributed by atoms with van der Waals surface area (Å²) >= 11 is 0. The van der Waals surface area contributed by atoms with Crippen molar-refractivity contribution in [1.29, 1.82) is 0 Å². The first-order valence-corrected chi connectivity index (χ1v) is 9.30. The monoisotopic (exact) mass is 361 g/mol. The van der Waals surface area contributed by atoms with E-state index in [-0.39, 0.29) is 11.3 Å². The Hall–Kier alpha value is -2.88. The average molecular weight is 361 g/mol. The molecular weight excluding hydrogens is 334 g/mol. The Balaban J connectivity index is 1.73. The van der Waals surface area contributed by atoms with Gasteiger partial charge in [0.1, 0.15) is 0 Å². The predicted molar refractivity (Wildman–Crippen MR) is 109 cm³/mol. The van der Waals surface area contributed by atoms with Gasteiger partial charge in [0.15, 0.2) is 0 Å². The maximum atomic E-state index is 12.9. The first kappa shape index (κ1) is 18.9. The molecule has 4 heteroatoms. The molecule has 3 aromatic rings. The van der Waals surface area contributed by atoms with Crippen molar-refractivity contribution in [1.82, 2.24) is 15.1 Å². The van der Waals surface area contributed by atoms with Crippen molar-refractivity contribution in [3.05, 3.63) is 88.7 Å². The summed E-state index contributed by atoms with van der Waals surface area (Å²) in [5.41, 5.74) is 4.57. The van der Waals surface area contributed by atoms with E-state index >= 15 is 0 Å². The number of benzene rings is 2. The number of carbonyl (C=O) groups excluding carboxylic acids is 1. The zero-order valence-electron chi connectivity index (χ0n) is 16.5. The molecule has 0 aliphatic heterocycles. The van der Waals surface area contributed by atoms with Crippen LogP contribution in [0.2, 0.25) is 0 Å². The highest BCUT2D eigenvalue weighted by atomic mass is 16.1. The van der Waals surface area contributed by atoms with Gasteiger partial charge in [0, 0.05) is 17.7 Å². The van der Waals surface area contributed by atoms with Gasteiger partial charge in [-0.2, -0.15) is 5.10 Å². The number of amides is 1. The number of nitrogens with zero attached hydrogens (tertiary/aromatic N) is 2. The molecule has 0 fully saturated rings. The van der Waals surface area contributed by atoms with Crippen molar-refractivity contribution in [3.8, 4) is 0 Å². The third kappa shape index (κ3) is 4.27. The molecule has 0 unspecified atom stereocenters. The Labute approximate surface area is 161 Å². The van der Waals surface area contributed by atoms with Crippen LogP contribution in [0, 0.1) is 13.8 Å². The van der Waals surface area contributed by atoms with Gasteiger partial charge in [0.25, 0.3) is 5.91 Å². The van der Waals surface area contributed by atoms with Gasteiger partial charge < -0.3 is 5.32 Å². The van der Waals surface area contributed by atoms with Crippen LogP contribution in [0.15, 0.2) is 60.7 Å². The van der Waals surface area contributed by atoms with Gasteiger partial charge in [0.2, 0.25) is 0 Å². The van der Waals surface area contributed by atoms with E-state index in [1.807, 2.05) is 54.9 Å². The summed E-state index contributed by atoms with van der Waals surface area (Å²) < 4.78 is 1.90. The van der Waals surface area contributed by atoms with E-state index < -0.39 is 0 Å². The summed E-state index contributed by atoms with van der Waals surface area (Å²) in [5.74, 6) is -0.0617. The highest BCUT2D eigenvalue weighted by Gasteiger charge is 2.24. The summed E-state index contributed by atoms with van der Waals surface area (Å²) in [6.07, 6.45) is 0. The normalized spacial score (nSPS) is 11.4. The van der Waals surface area contributed by atoms with Crippen molar-refractivity contribution in [2.75, 3.05) is 6.54 Å². The number of rotatable bonds is 6. The second-order valence-corrected chi connectivity index (χ2v) is 7.62. The van der Waals surface area contributed by atoms with Gasteiger partial charge in [-0.05, 0) is 25.0 Å². The van der Waals surface area contributed by atoms with E-state index in [0.29, 0.717) is 18.7 Å². The lowest BCUT2D eigenvalue weighted by atomic mass is 9.84. The molecule has 1 N–H and O–H groups in total. The van der Waals surface area contributed by atoms with E-state index in [9.17, 15) is 4.79 Å². The van der Waals surface area contributed by atoms with Crippen LogP contribution in [0.5, 0.6) is 0 Å². The molecule has 1 amide bonds. The van der Waals surface area contributed by atoms with Crippen molar-refractivity contribution in [2.24, 2.45) is 0 Å². The predicted octanol–water partition coefficient (Wildman–Crippen LogP) is 4.26. The summed E-state index contributed by atoms with van der Waals surface area (Å²) in [6, 6.07) is 20.4. The Kier molecular flexibility index (Phi) is 5.45. The van der Waals surface area contributed by atoms with Crippen LogP contribution in [0.4, 0.5) is 0 Å². The van der Waals surface area contributed by atoms with E-state index in [1.54, 1.807) is 0 Å².